The van der Waals surface area contributed by atoms with Gasteiger partial charge in [-0.2, -0.15) is 0 Å². The maximum Gasteiger partial charge on any atom is 0.0707 e. The molecule has 0 fully saturated rings. The van der Waals surface area contributed by atoms with Crippen LogP contribution in [0.1, 0.15) is 20.9 Å². The van der Waals surface area contributed by atoms with Gasteiger partial charge in [-0.15, -0.1) is 22.7 Å². The van der Waals surface area contributed by atoms with Crippen molar-refractivity contribution < 1.29 is 10.2 Å². The van der Waals surface area contributed by atoms with Crippen molar-refractivity contribution in [3.05, 3.63) is 45.1 Å². The molecule has 0 saturated heterocycles. The van der Waals surface area contributed by atoms with Crippen LogP contribution in [0.5, 0.6) is 0 Å². The predicted molar refractivity (Wildman–Crippen MR) is 93.4 cm³/mol. The molecule has 3 rings (SSSR count). The van der Waals surface area contributed by atoms with Crippen molar-refractivity contribution in [1.29, 1.82) is 0 Å². The van der Waals surface area contributed by atoms with Gasteiger partial charge in [-0.25, -0.2) is 0 Å². The second kappa shape index (κ2) is 6.01. The molecular formula is C17H19NO2S2. The molecule has 0 aliphatic rings. The van der Waals surface area contributed by atoms with Crippen molar-refractivity contribution in [2.75, 3.05) is 0 Å². The number of rotatable bonds is 4. The molecule has 116 valence electrons. The minimum Gasteiger partial charge on any atom is -0.392 e. The Morgan fingerprint density at radius 2 is 1.23 bits per heavy atom. The number of nitrogens with zero attached hydrogens (tertiary/aromatic N) is 1. The van der Waals surface area contributed by atoms with Gasteiger partial charge in [0.2, 0.25) is 0 Å². The highest BCUT2D eigenvalue weighted by Gasteiger charge is 2.23. The summed E-state index contributed by atoms with van der Waals surface area (Å²) in [7, 11) is 2.01. The van der Waals surface area contributed by atoms with E-state index in [1.807, 2.05) is 7.05 Å². The molecule has 5 heteroatoms. The van der Waals surface area contributed by atoms with E-state index < -0.39 is 0 Å². The van der Waals surface area contributed by atoms with Gasteiger partial charge in [0.1, 0.15) is 0 Å². The third-order valence-electron chi connectivity index (χ3n) is 3.87. The summed E-state index contributed by atoms with van der Waals surface area (Å²) in [6.45, 7) is 4.01. The Kier molecular flexibility index (Phi) is 4.23. The van der Waals surface area contributed by atoms with E-state index >= 15 is 0 Å². The lowest BCUT2D eigenvalue weighted by atomic mass is 10.1. The quantitative estimate of drug-likeness (QED) is 0.755. The molecule has 22 heavy (non-hydrogen) atoms. The van der Waals surface area contributed by atoms with Crippen LogP contribution in [0, 0.1) is 13.8 Å². The van der Waals surface area contributed by atoms with Crippen LogP contribution in [0.2, 0.25) is 0 Å². The van der Waals surface area contributed by atoms with Gasteiger partial charge in [0.15, 0.2) is 0 Å². The molecule has 0 amide bonds. The van der Waals surface area contributed by atoms with E-state index in [1.54, 1.807) is 22.7 Å². The lowest BCUT2D eigenvalue weighted by Gasteiger charge is -2.06. The normalized spacial score (nSPS) is 11.3. The van der Waals surface area contributed by atoms with Gasteiger partial charge in [-0.05, 0) is 38.1 Å². The van der Waals surface area contributed by atoms with Gasteiger partial charge in [-0.1, -0.05) is 0 Å². The molecular weight excluding hydrogens is 314 g/mol. The van der Waals surface area contributed by atoms with Crippen LogP contribution >= 0.6 is 22.7 Å². The van der Waals surface area contributed by atoms with Crippen LogP contribution in [0.25, 0.3) is 21.1 Å². The molecule has 0 aromatic carbocycles. The first-order valence-electron chi connectivity index (χ1n) is 7.12. The highest BCUT2D eigenvalue weighted by molar-refractivity contribution is 7.15. The molecule has 2 N–H and O–H groups in total. The molecule has 0 bridgehead atoms. The van der Waals surface area contributed by atoms with Crippen LogP contribution in [-0.2, 0) is 20.3 Å². The molecule has 0 unspecified atom stereocenters. The van der Waals surface area contributed by atoms with E-state index in [9.17, 15) is 10.2 Å². The lowest BCUT2D eigenvalue weighted by molar-refractivity contribution is 0.262. The molecule has 0 saturated carbocycles. The minimum atomic E-state index is -0.0691. The van der Waals surface area contributed by atoms with Gasteiger partial charge in [-0.3, -0.25) is 0 Å². The summed E-state index contributed by atoms with van der Waals surface area (Å²) in [5.41, 5.74) is 3.66. The van der Waals surface area contributed by atoms with Crippen LogP contribution < -0.4 is 0 Å². The van der Waals surface area contributed by atoms with Crippen molar-refractivity contribution in [1.82, 2.24) is 4.57 Å². The molecule has 0 aliphatic carbocycles. The van der Waals surface area contributed by atoms with Gasteiger partial charge in [0, 0.05) is 27.9 Å². The largest absolute Gasteiger partial charge is 0.392 e. The van der Waals surface area contributed by atoms with Crippen molar-refractivity contribution >= 4 is 22.7 Å². The topological polar surface area (TPSA) is 45.4 Å². The van der Waals surface area contributed by atoms with E-state index in [-0.39, 0.29) is 13.2 Å². The van der Waals surface area contributed by atoms with Crippen LogP contribution in [0.4, 0.5) is 0 Å². The second-order valence-corrected chi connectivity index (χ2v) is 7.93. The number of aromatic nitrogens is 1. The van der Waals surface area contributed by atoms with Gasteiger partial charge >= 0.3 is 0 Å². The standard InChI is InChI=1S/C17H19NO2S2/c1-10-4-6-14(21-10)16-12(8-19)13(9-20)17(18(16)3)15-7-5-11(2)22-15/h4-7,19-20H,8-9H2,1-3H3. The zero-order valence-corrected chi connectivity index (χ0v) is 14.5. The van der Waals surface area contributed by atoms with Crippen molar-refractivity contribution in [2.24, 2.45) is 7.05 Å². The lowest BCUT2D eigenvalue weighted by Crippen LogP contribution is -1.94. The predicted octanol–water partition coefficient (Wildman–Crippen LogP) is 4.08. The first kappa shape index (κ1) is 15.5. The second-order valence-electron chi connectivity index (χ2n) is 5.35. The van der Waals surface area contributed by atoms with E-state index in [4.69, 9.17) is 0 Å². The number of aryl methyl sites for hydroxylation is 2. The van der Waals surface area contributed by atoms with E-state index in [2.05, 4.69) is 42.7 Å². The summed E-state index contributed by atoms with van der Waals surface area (Å²) in [5.74, 6) is 0. The Morgan fingerprint density at radius 1 is 0.818 bits per heavy atom. The SMILES string of the molecule is Cc1ccc(-c2c(CO)c(CO)c(-c3ccc(C)s3)n2C)s1. The van der Waals surface area contributed by atoms with Gasteiger partial charge in [0.25, 0.3) is 0 Å². The van der Waals surface area contributed by atoms with Crippen LogP contribution in [0.15, 0.2) is 24.3 Å². The highest BCUT2D eigenvalue weighted by atomic mass is 32.1. The Morgan fingerprint density at radius 3 is 1.50 bits per heavy atom. The zero-order chi connectivity index (χ0) is 15.9. The Bertz CT molecular complexity index is 745. The van der Waals surface area contributed by atoms with Crippen molar-refractivity contribution in [3.63, 3.8) is 0 Å². The number of aliphatic hydroxyl groups is 2. The zero-order valence-electron chi connectivity index (χ0n) is 12.9. The molecule has 3 aromatic rings. The third kappa shape index (κ3) is 2.44. The molecule has 0 spiro atoms. The van der Waals surface area contributed by atoms with Gasteiger partial charge < -0.3 is 14.8 Å². The number of aliphatic hydroxyl groups excluding tert-OH is 2. The fourth-order valence-electron chi connectivity index (χ4n) is 2.89. The third-order valence-corrected chi connectivity index (χ3v) is 5.89. The molecule has 0 radical (unpaired) electrons. The average molecular weight is 333 g/mol. The number of thiophene rings is 2. The Hall–Kier alpha value is -1.40. The molecule has 3 aromatic heterocycles. The monoisotopic (exact) mass is 333 g/mol. The summed E-state index contributed by atoms with van der Waals surface area (Å²) in [6.07, 6.45) is 0. The van der Waals surface area contributed by atoms with E-state index in [0.717, 1.165) is 32.3 Å². The minimum absolute atomic E-state index is 0.0691. The maximum atomic E-state index is 9.87. The van der Waals surface area contributed by atoms with Crippen molar-refractivity contribution in [2.45, 2.75) is 27.1 Å². The highest BCUT2D eigenvalue weighted by Crippen LogP contribution is 2.41. The Balaban J connectivity index is 2.29. The Labute approximate surface area is 138 Å². The smallest absolute Gasteiger partial charge is 0.0707 e. The van der Waals surface area contributed by atoms with Crippen LogP contribution in [-0.4, -0.2) is 14.8 Å². The summed E-state index contributed by atoms with van der Waals surface area (Å²) in [6, 6.07) is 8.33. The maximum absolute atomic E-state index is 9.87. The fraction of sp³-hybridized carbons (Fsp3) is 0.294. The molecule has 3 heterocycles. The molecule has 0 atom stereocenters. The summed E-state index contributed by atoms with van der Waals surface area (Å²) < 4.78 is 2.10. The molecule has 0 aliphatic heterocycles. The summed E-state index contributed by atoms with van der Waals surface area (Å²) in [4.78, 5) is 4.72. The van der Waals surface area contributed by atoms with E-state index in [0.29, 0.717) is 0 Å². The summed E-state index contributed by atoms with van der Waals surface area (Å²) in [5, 5.41) is 19.7. The average Bonchev–Trinajstić information content (AvgIpc) is 3.16. The fourth-order valence-corrected chi connectivity index (χ4v) is 4.85. The van der Waals surface area contributed by atoms with E-state index in [1.165, 1.54) is 9.75 Å². The molecule has 3 nitrogen and oxygen atoms in total. The van der Waals surface area contributed by atoms with Gasteiger partial charge in [0.05, 0.1) is 34.4 Å². The first-order valence-corrected chi connectivity index (χ1v) is 8.75. The number of hydrogen-bond donors (Lipinski definition) is 2. The first-order chi connectivity index (χ1) is 10.6. The van der Waals surface area contributed by atoms with Crippen LogP contribution in [0.3, 0.4) is 0 Å². The number of hydrogen-bond acceptors (Lipinski definition) is 4. The summed E-state index contributed by atoms with van der Waals surface area (Å²) >= 11 is 3.41. The van der Waals surface area contributed by atoms with Crippen molar-refractivity contribution in [3.8, 4) is 21.1 Å².